The van der Waals surface area contributed by atoms with Crippen LogP contribution >= 0.6 is 0 Å². The predicted molar refractivity (Wildman–Crippen MR) is 73.1 cm³/mol. The molecule has 0 bridgehead atoms. The van der Waals surface area contributed by atoms with Gasteiger partial charge in [0.15, 0.2) is 0 Å². The number of aliphatic hydroxyl groups is 1. The molecule has 0 amide bonds. The van der Waals surface area contributed by atoms with Gasteiger partial charge in [0.2, 0.25) is 9.84 Å². The lowest BCUT2D eigenvalue weighted by Crippen LogP contribution is -2.46. The third-order valence-corrected chi connectivity index (χ3v) is 4.98. The molecular weight excluding hydrogens is 304 g/mol. The van der Waals surface area contributed by atoms with Gasteiger partial charge in [0, 0.05) is 18.9 Å². The summed E-state index contributed by atoms with van der Waals surface area (Å²) in [5.41, 5.74) is 0.0422. The number of halogens is 2. The second-order valence-corrected chi connectivity index (χ2v) is 6.92. The Balaban J connectivity index is 2.16. The molecule has 1 heterocycles. The van der Waals surface area contributed by atoms with E-state index in [2.05, 4.69) is 5.32 Å². The third-order valence-electron chi connectivity index (χ3n) is 3.58. The summed E-state index contributed by atoms with van der Waals surface area (Å²) in [4.78, 5) is -0.423. The van der Waals surface area contributed by atoms with Crippen LogP contribution in [0.5, 0.6) is 0 Å². The van der Waals surface area contributed by atoms with Gasteiger partial charge in [-0.1, -0.05) is 0 Å². The number of aliphatic hydroxyl groups excluding tert-OH is 1. The SMILES string of the molecule is O=S(=O)(c1ccc(NC2(CO)CCOCC2)cc1)C(F)F. The molecule has 1 fully saturated rings. The van der Waals surface area contributed by atoms with Gasteiger partial charge in [-0.05, 0) is 37.1 Å². The van der Waals surface area contributed by atoms with Gasteiger partial charge in [-0.15, -0.1) is 0 Å². The van der Waals surface area contributed by atoms with Crippen LogP contribution in [0.4, 0.5) is 14.5 Å². The average molecular weight is 321 g/mol. The predicted octanol–water partition coefficient (Wildman–Crippen LogP) is 1.64. The highest BCUT2D eigenvalue weighted by molar-refractivity contribution is 7.91. The summed E-state index contributed by atoms with van der Waals surface area (Å²) >= 11 is 0. The Morgan fingerprint density at radius 1 is 1.24 bits per heavy atom. The standard InChI is InChI=1S/C13H17F2NO4S/c14-12(15)21(18,19)11-3-1-10(2-4-11)16-13(9-17)5-7-20-8-6-13/h1-4,12,16-17H,5-9H2. The number of nitrogens with one attached hydrogen (secondary N) is 1. The van der Waals surface area contributed by atoms with E-state index in [1.165, 1.54) is 12.1 Å². The highest BCUT2D eigenvalue weighted by Gasteiger charge is 2.32. The number of benzene rings is 1. The molecule has 1 aliphatic rings. The van der Waals surface area contributed by atoms with E-state index in [0.717, 1.165) is 12.1 Å². The number of hydrogen-bond acceptors (Lipinski definition) is 5. The zero-order valence-electron chi connectivity index (χ0n) is 11.3. The number of hydrogen-bond donors (Lipinski definition) is 2. The first-order valence-electron chi connectivity index (χ1n) is 6.49. The molecule has 0 spiro atoms. The van der Waals surface area contributed by atoms with E-state index >= 15 is 0 Å². The summed E-state index contributed by atoms with van der Waals surface area (Å²) in [5, 5.41) is 12.7. The first kappa shape index (κ1) is 16.1. The van der Waals surface area contributed by atoms with Crippen LogP contribution in [0.15, 0.2) is 29.2 Å². The molecule has 8 heteroatoms. The van der Waals surface area contributed by atoms with E-state index in [9.17, 15) is 22.3 Å². The van der Waals surface area contributed by atoms with Crippen LogP contribution in [-0.2, 0) is 14.6 Å². The normalized spacial score (nSPS) is 18.7. The van der Waals surface area contributed by atoms with Crippen LogP contribution < -0.4 is 5.32 Å². The van der Waals surface area contributed by atoms with Crippen molar-refractivity contribution in [2.24, 2.45) is 0 Å². The van der Waals surface area contributed by atoms with Gasteiger partial charge in [-0.3, -0.25) is 0 Å². The number of sulfone groups is 1. The van der Waals surface area contributed by atoms with E-state index in [4.69, 9.17) is 4.74 Å². The van der Waals surface area contributed by atoms with Crippen LogP contribution in [0.25, 0.3) is 0 Å². The lowest BCUT2D eigenvalue weighted by molar-refractivity contribution is 0.0380. The minimum absolute atomic E-state index is 0.0898. The molecule has 2 N–H and O–H groups in total. The average Bonchev–Trinajstić information content (AvgIpc) is 2.48. The second kappa shape index (κ2) is 6.25. The van der Waals surface area contributed by atoms with Crippen molar-refractivity contribution in [3.63, 3.8) is 0 Å². The van der Waals surface area contributed by atoms with E-state index < -0.39 is 26.0 Å². The van der Waals surface area contributed by atoms with Gasteiger partial charge in [-0.2, -0.15) is 8.78 Å². The molecule has 0 unspecified atom stereocenters. The molecule has 0 saturated carbocycles. The summed E-state index contributed by atoms with van der Waals surface area (Å²) < 4.78 is 52.8. The van der Waals surface area contributed by atoms with Crippen LogP contribution in [0.3, 0.4) is 0 Å². The molecule has 1 aromatic carbocycles. The molecule has 1 aromatic rings. The fraction of sp³-hybridized carbons (Fsp3) is 0.538. The molecule has 0 aliphatic carbocycles. The summed E-state index contributed by atoms with van der Waals surface area (Å²) in [6, 6.07) is 5.10. The van der Waals surface area contributed by atoms with Crippen molar-refractivity contribution in [3.8, 4) is 0 Å². The summed E-state index contributed by atoms with van der Waals surface area (Å²) in [6.45, 7) is 0.949. The molecular formula is C13H17F2NO4S. The van der Waals surface area contributed by atoms with Gasteiger partial charge < -0.3 is 15.2 Å². The van der Waals surface area contributed by atoms with Crippen molar-refractivity contribution in [2.75, 3.05) is 25.1 Å². The van der Waals surface area contributed by atoms with Crippen molar-refractivity contribution >= 4 is 15.5 Å². The van der Waals surface area contributed by atoms with Crippen molar-refractivity contribution in [2.45, 2.75) is 29.0 Å². The van der Waals surface area contributed by atoms with Gasteiger partial charge in [0.05, 0.1) is 17.0 Å². The monoisotopic (exact) mass is 321 g/mol. The van der Waals surface area contributed by atoms with Gasteiger partial charge in [0.25, 0.3) is 0 Å². The molecule has 0 radical (unpaired) electrons. The maximum Gasteiger partial charge on any atom is 0.341 e. The molecule has 118 valence electrons. The fourth-order valence-electron chi connectivity index (χ4n) is 2.22. The quantitative estimate of drug-likeness (QED) is 0.862. The van der Waals surface area contributed by atoms with Gasteiger partial charge in [0.1, 0.15) is 0 Å². The van der Waals surface area contributed by atoms with Gasteiger partial charge >= 0.3 is 5.76 Å². The Morgan fingerprint density at radius 2 is 1.81 bits per heavy atom. The molecule has 0 atom stereocenters. The largest absolute Gasteiger partial charge is 0.394 e. The lowest BCUT2D eigenvalue weighted by Gasteiger charge is -2.37. The summed E-state index contributed by atoms with van der Waals surface area (Å²) in [6.07, 6.45) is 1.22. The molecule has 5 nitrogen and oxygen atoms in total. The Kier molecular flexibility index (Phi) is 4.80. The Hall–Kier alpha value is -1.25. The lowest BCUT2D eigenvalue weighted by atomic mass is 9.90. The summed E-state index contributed by atoms with van der Waals surface area (Å²) in [7, 11) is -4.58. The van der Waals surface area contributed by atoms with Crippen molar-refractivity contribution < 1.29 is 27.0 Å². The smallest absolute Gasteiger partial charge is 0.341 e. The molecule has 1 saturated heterocycles. The molecule has 21 heavy (non-hydrogen) atoms. The summed E-state index contributed by atoms with van der Waals surface area (Å²) in [5.74, 6) is -3.43. The maximum absolute atomic E-state index is 12.4. The number of anilines is 1. The second-order valence-electron chi connectivity index (χ2n) is 5.01. The number of ether oxygens (including phenoxy) is 1. The number of rotatable bonds is 5. The fourth-order valence-corrected chi connectivity index (χ4v) is 2.94. The van der Waals surface area contributed by atoms with Crippen LogP contribution in [0.2, 0.25) is 0 Å². The highest BCUT2D eigenvalue weighted by atomic mass is 32.2. The minimum Gasteiger partial charge on any atom is -0.394 e. The first-order valence-corrected chi connectivity index (χ1v) is 8.03. The molecule has 1 aliphatic heterocycles. The van der Waals surface area contributed by atoms with Crippen LogP contribution in [-0.4, -0.2) is 44.6 Å². The van der Waals surface area contributed by atoms with Crippen molar-refractivity contribution in [1.82, 2.24) is 0 Å². The Bertz CT molecular complexity index is 568. The van der Waals surface area contributed by atoms with Gasteiger partial charge in [-0.25, -0.2) is 8.42 Å². The van der Waals surface area contributed by atoms with Crippen LogP contribution in [0.1, 0.15) is 12.8 Å². The van der Waals surface area contributed by atoms with Crippen molar-refractivity contribution in [1.29, 1.82) is 0 Å². The van der Waals surface area contributed by atoms with Crippen LogP contribution in [0, 0.1) is 0 Å². The highest BCUT2D eigenvalue weighted by Crippen LogP contribution is 2.27. The minimum atomic E-state index is -4.58. The zero-order valence-corrected chi connectivity index (χ0v) is 12.1. The molecule has 0 aromatic heterocycles. The van der Waals surface area contributed by atoms with E-state index in [0.29, 0.717) is 31.7 Å². The number of alkyl halides is 2. The maximum atomic E-state index is 12.4. The molecule has 2 rings (SSSR count). The third kappa shape index (κ3) is 3.50. The topological polar surface area (TPSA) is 75.6 Å². The Morgan fingerprint density at radius 3 is 2.29 bits per heavy atom. The zero-order chi connectivity index (χ0) is 15.5. The first-order chi connectivity index (χ1) is 9.89. The van der Waals surface area contributed by atoms with E-state index in [1.807, 2.05) is 0 Å². The van der Waals surface area contributed by atoms with E-state index in [1.54, 1.807) is 0 Å². The van der Waals surface area contributed by atoms with Crippen molar-refractivity contribution in [3.05, 3.63) is 24.3 Å². The Labute approximate surface area is 121 Å². The van der Waals surface area contributed by atoms with E-state index in [-0.39, 0.29) is 6.61 Å².